The van der Waals surface area contributed by atoms with Crippen molar-refractivity contribution >= 4 is 52.4 Å². The van der Waals surface area contributed by atoms with E-state index >= 15 is 0 Å². The van der Waals surface area contributed by atoms with Crippen LogP contribution in [0, 0.1) is 0 Å². The molecule has 0 radical (unpaired) electrons. The number of nitrogens with one attached hydrogen (secondary N) is 1. The molecule has 0 fully saturated rings. The number of carbonyl (C=O) groups excluding carboxylic acids is 2. The largest absolute Gasteiger partial charge is 0.434 e. The zero-order chi connectivity index (χ0) is 16.5. The van der Waals surface area contributed by atoms with E-state index in [1.54, 1.807) is 38.2 Å². The van der Waals surface area contributed by atoms with Crippen molar-refractivity contribution in [3.05, 3.63) is 34.9 Å². The van der Waals surface area contributed by atoms with Gasteiger partial charge < -0.3 is 5.32 Å². The minimum absolute atomic E-state index is 0.183. The number of rotatable bonds is 5. The van der Waals surface area contributed by atoms with Crippen LogP contribution in [0.3, 0.4) is 0 Å². The van der Waals surface area contributed by atoms with Gasteiger partial charge in [-0.3, -0.25) is 13.9 Å². The van der Waals surface area contributed by atoms with Gasteiger partial charge in [0, 0.05) is 17.6 Å². The van der Waals surface area contributed by atoms with Gasteiger partial charge in [-0.1, -0.05) is 16.8 Å². The van der Waals surface area contributed by atoms with Crippen LogP contribution in [-0.2, 0) is 4.84 Å². The van der Waals surface area contributed by atoms with Crippen molar-refractivity contribution in [3.8, 4) is 0 Å². The van der Waals surface area contributed by atoms with E-state index in [1.807, 2.05) is 6.26 Å². The molecular weight excluding hydrogens is 346 g/mol. The lowest BCUT2D eigenvalue weighted by Crippen LogP contribution is -2.27. The molecule has 0 aliphatic heterocycles. The Kier molecular flexibility index (Phi) is 8.15. The molecule has 120 valence electrons. The van der Waals surface area contributed by atoms with E-state index in [9.17, 15) is 9.59 Å². The predicted octanol–water partition coefficient (Wildman–Crippen LogP) is 3.44. The summed E-state index contributed by atoms with van der Waals surface area (Å²) in [6.45, 7) is 1.73. The van der Waals surface area contributed by atoms with Crippen LogP contribution >= 0.6 is 35.3 Å². The summed E-state index contributed by atoms with van der Waals surface area (Å²) < 4.78 is 1.42. The van der Waals surface area contributed by atoms with Crippen LogP contribution in [0.25, 0.3) is 0 Å². The minimum atomic E-state index is -0.673. The van der Waals surface area contributed by atoms with Gasteiger partial charge >= 0.3 is 6.09 Å². The smallest absolute Gasteiger partial charge is 0.309 e. The Balaban J connectivity index is 2.36. The second-order valence-electron chi connectivity index (χ2n) is 3.95. The molecule has 6 nitrogen and oxygen atoms in total. The standard InChI is InChI=1S/C13H16ClN3O3S2/c1-9(21-3)16-20-13(19)15-8-22-17(2)12(18)10-4-6-11(14)7-5-10/h4-7H,8H2,1-3H3,(H,15,19)/b16-9+. The molecule has 0 atom stereocenters. The van der Waals surface area contributed by atoms with Crippen molar-refractivity contribution in [2.24, 2.45) is 5.16 Å². The molecule has 1 aromatic carbocycles. The number of hydrogen-bond acceptors (Lipinski definition) is 6. The summed E-state index contributed by atoms with van der Waals surface area (Å²) in [5.41, 5.74) is 0.516. The van der Waals surface area contributed by atoms with Crippen LogP contribution in [0.4, 0.5) is 4.79 Å². The van der Waals surface area contributed by atoms with Crippen LogP contribution in [0.1, 0.15) is 17.3 Å². The first-order valence-electron chi connectivity index (χ1n) is 6.14. The second-order valence-corrected chi connectivity index (χ2v) is 6.48. The Morgan fingerprint density at radius 2 is 2.00 bits per heavy atom. The van der Waals surface area contributed by atoms with Gasteiger partial charge in [0.05, 0.1) is 5.88 Å². The van der Waals surface area contributed by atoms with Gasteiger partial charge in [-0.2, -0.15) is 0 Å². The molecule has 1 aromatic rings. The van der Waals surface area contributed by atoms with Gasteiger partial charge in [-0.05, 0) is 49.4 Å². The van der Waals surface area contributed by atoms with Crippen LogP contribution in [-0.4, -0.2) is 40.5 Å². The first kappa shape index (κ1) is 18.7. The summed E-state index contributed by atoms with van der Waals surface area (Å²) >= 11 is 8.29. The highest BCUT2D eigenvalue weighted by Gasteiger charge is 2.12. The van der Waals surface area contributed by atoms with Crippen molar-refractivity contribution in [1.29, 1.82) is 0 Å². The normalized spacial score (nSPS) is 11.0. The molecular formula is C13H16ClN3O3S2. The van der Waals surface area contributed by atoms with Crippen molar-refractivity contribution in [1.82, 2.24) is 9.62 Å². The Morgan fingerprint density at radius 1 is 1.36 bits per heavy atom. The number of amides is 2. The highest BCUT2D eigenvalue weighted by molar-refractivity contribution is 8.13. The summed E-state index contributed by atoms with van der Waals surface area (Å²) in [7, 11) is 1.62. The fourth-order valence-corrected chi connectivity index (χ4v) is 2.03. The number of thioether (sulfide) groups is 1. The van der Waals surface area contributed by atoms with Gasteiger partial charge in [-0.15, -0.1) is 11.8 Å². The molecule has 0 saturated carbocycles. The number of hydrogen-bond donors (Lipinski definition) is 1. The topological polar surface area (TPSA) is 71.0 Å². The third kappa shape index (κ3) is 6.59. The summed E-state index contributed by atoms with van der Waals surface area (Å²) in [5.74, 6) is -0.00393. The summed E-state index contributed by atoms with van der Waals surface area (Å²) in [5, 5.41) is 7.28. The molecule has 1 rings (SSSR count). The lowest BCUT2D eigenvalue weighted by Gasteiger charge is -2.15. The maximum atomic E-state index is 12.1. The molecule has 22 heavy (non-hydrogen) atoms. The Morgan fingerprint density at radius 3 is 2.59 bits per heavy atom. The minimum Gasteiger partial charge on any atom is -0.309 e. The maximum Gasteiger partial charge on any atom is 0.434 e. The molecule has 0 bridgehead atoms. The van der Waals surface area contributed by atoms with Crippen LogP contribution < -0.4 is 5.32 Å². The van der Waals surface area contributed by atoms with Crippen molar-refractivity contribution in [2.45, 2.75) is 6.92 Å². The molecule has 0 aliphatic rings. The Labute approximate surface area is 142 Å². The third-order valence-corrected chi connectivity index (χ3v) is 4.15. The predicted molar refractivity (Wildman–Crippen MR) is 92.2 cm³/mol. The lowest BCUT2D eigenvalue weighted by atomic mass is 10.2. The van der Waals surface area contributed by atoms with Gasteiger partial charge in [-0.25, -0.2) is 4.79 Å². The van der Waals surface area contributed by atoms with E-state index in [1.165, 1.54) is 16.1 Å². The van der Waals surface area contributed by atoms with Gasteiger partial charge in [0.15, 0.2) is 0 Å². The first-order chi connectivity index (χ1) is 10.4. The van der Waals surface area contributed by atoms with E-state index in [-0.39, 0.29) is 11.8 Å². The fraction of sp³-hybridized carbons (Fsp3) is 0.308. The molecule has 0 unspecified atom stereocenters. The van der Waals surface area contributed by atoms with E-state index in [2.05, 4.69) is 15.3 Å². The van der Waals surface area contributed by atoms with Crippen molar-refractivity contribution in [3.63, 3.8) is 0 Å². The monoisotopic (exact) mass is 361 g/mol. The quantitative estimate of drug-likeness (QED) is 0.217. The van der Waals surface area contributed by atoms with E-state index in [0.29, 0.717) is 15.6 Å². The van der Waals surface area contributed by atoms with Gasteiger partial charge in [0.1, 0.15) is 5.04 Å². The molecule has 0 aromatic heterocycles. The summed E-state index contributed by atoms with van der Waals surface area (Å²) in [6.07, 6.45) is 1.15. The summed E-state index contributed by atoms with van der Waals surface area (Å²) in [4.78, 5) is 28.0. The zero-order valence-electron chi connectivity index (χ0n) is 12.3. The SMILES string of the molecule is CS/C(C)=N/OC(=O)NCSN(C)C(=O)c1ccc(Cl)cc1. The maximum absolute atomic E-state index is 12.1. The van der Waals surface area contributed by atoms with Gasteiger partial charge in [0.25, 0.3) is 5.91 Å². The van der Waals surface area contributed by atoms with Crippen LogP contribution in [0.15, 0.2) is 29.4 Å². The van der Waals surface area contributed by atoms with Crippen molar-refractivity contribution < 1.29 is 14.4 Å². The molecule has 0 aliphatic carbocycles. The molecule has 2 amide bonds. The average molecular weight is 362 g/mol. The average Bonchev–Trinajstić information content (AvgIpc) is 2.52. The highest BCUT2D eigenvalue weighted by atomic mass is 35.5. The van der Waals surface area contributed by atoms with Crippen LogP contribution in [0.5, 0.6) is 0 Å². The first-order valence-corrected chi connectivity index (χ1v) is 8.68. The molecule has 0 saturated heterocycles. The van der Waals surface area contributed by atoms with E-state index in [4.69, 9.17) is 11.6 Å². The Bertz CT molecular complexity index is 552. The van der Waals surface area contributed by atoms with Crippen molar-refractivity contribution in [2.75, 3.05) is 19.2 Å². The number of nitrogens with zero attached hydrogens (tertiary/aromatic N) is 2. The third-order valence-electron chi connectivity index (χ3n) is 2.40. The molecule has 0 spiro atoms. The van der Waals surface area contributed by atoms with E-state index in [0.717, 1.165) is 11.9 Å². The Hall–Kier alpha value is -1.38. The fourth-order valence-electron chi connectivity index (χ4n) is 1.20. The number of carbonyl (C=O) groups is 2. The number of benzene rings is 1. The zero-order valence-corrected chi connectivity index (χ0v) is 14.7. The molecule has 9 heteroatoms. The highest BCUT2D eigenvalue weighted by Crippen LogP contribution is 2.14. The second kappa shape index (κ2) is 9.60. The van der Waals surface area contributed by atoms with Crippen LogP contribution in [0.2, 0.25) is 5.02 Å². The number of oxime groups is 1. The van der Waals surface area contributed by atoms with Gasteiger partial charge in [0.2, 0.25) is 0 Å². The number of halogens is 1. The lowest BCUT2D eigenvalue weighted by molar-refractivity contribution is 0.0891. The van der Waals surface area contributed by atoms with E-state index < -0.39 is 6.09 Å². The molecule has 1 N–H and O–H groups in total. The molecule has 0 heterocycles. The summed E-state index contributed by atoms with van der Waals surface area (Å²) in [6, 6.07) is 6.58.